The number of hydrogen-bond acceptors (Lipinski definition) is 7. The van der Waals surface area contributed by atoms with E-state index in [1.54, 1.807) is 10.6 Å². The third-order valence-electron chi connectivity index (χ3n) is 4.41. The zero-order valence-electron chi connectivity index (χ0n) is 14.2. The summed E-state index contributed by atoms with van der Waals surface area (Å²) in [6.07, 6.45) is 3.06. The molecule has 9 nitrogen and oxygen atoms in total. The van der Waals surface area contributed by atoms with Gasteiger partial charge >= 0.3 is 11.7 Å². The number of rotatable bonds is 4. The molecule has 1 N–H and O–H groups in total. The van der Waals surface area contributed by atoms with Gasteiger partial charge in [-0.05, 0) is 6.92 Å². The maximum Gasteiger partial charge on any atom is 0.335 e. The van der Waals surface area contributed by atoms with E-state index in [0.29, 0.717) is 17.9 Å². The van der Waals surface area contributed by atoms with Crippen LogP contribution in [0.3, 0.4) is 0 Å². The second-order valence-corrected chi connectivity index (χ2v) is 5.79. The van der Waals surface area contributed by atoms with E-state index in [2.05, 4.69) is 20.2 Å². The van der Waals surface area contributed by atoms with Crippen LogP contribution in [0.25, 0.3) is 16.9 Å². The van der Waals surface area contributed by atoms with Crippen LogP contribution >= 0.6 is 0 Å². The van der Waals surface area contributed by atoms with Gasteiger partial charge in [0.1, 0.15) is 11.8 Å². The van der Waals surface area contributed by atoms with Crippen LogP contribution in [-0.2, 0) is 6.54 Å². The summed E-state index contributed by atoms with van der Waals surface area (Å²) in [7, 11) is 1.53. The lowest BCUT2D eigenvalue weighted by Crippen LogP contribution is -2.44. The number of aryl methyl sites for hydroxylation is 1. The highest BCUT2D eigenvalue weighted by Gasteiger charge is 2.25. The summed E-state index contributed by atoms with van der Waals surface area (Å²) in [5.74, 6) is 0.726. The zero-order valence-corrected chi connectivity index (χ0v) is 14.2. The highest BCUT2D eigenvalue weighted by atomic mass is 16.5. The number of fused-ring (bicyclic) bond motifs is 1. The smallest absolute Gasteiger partial charge is 0.335 e. The number of piperazine rings is 1. The lowest BCUT2D eigenvalue weighted by atomic mass is 10.3. The first-order valence-electron chi connectivity index (χ1n) is 8.30. The molecule has 0 radical (unpaired) electrons. The zero-order chi connectivity index (χ0) is 17.4. The van der Waals surface area contributed by atoms with Gasteiger partial charge in [-0.1, -0.05) is 0 Å². The molecule has 3 aromatic heterocycles. The number of nitrogens with zero attached hydrogens (tertiary/aromatic N) is 5. The van der Waals surface area contributed by atoms with E-state index in [-0.39, 0.29) is 11.7 Å². The Morgan fingerprint density at radius 3 is 2.76 bits per heavy atom. The summed E-state index contributed by atoms with van der Waals surface area (Å²) in [6.45, 7) is 5.81. The van der Waals surface area contributed by atoms with E-state index in [1.807, 2.05) is 6.92 Å². The highest BCUT2D eigenvalue weighted by Crippen LogP contribution is 2.27. The molecular formula is C16H20N6O3. The summed E-state index contributed by atoms with van der Waals surface area (Å²) < 4.78 is 13.7. The number of nitrogens with one attached hydrogen (secondary N) is 1. The average molecular weight is 344 g/mol. The van der Waals surface area contributed by atoms with Crippen LogP contribution in [0.4, 0.5) is 5.82 Å². The molecule has 0 spiro atoms. The fourth-order valence-corrected chi connectivity index (χ4v) is 3.22. The van der Waals surface area contributed by atoms with Gasteiger partial charge in [0.25, 0.3) is 0 Å². The maximum absolute atomic E-state index is 13.0. The Kier molecular flexibility index (Phi) is 3.92. The van der Waals surface area contributed by atoms with E-state index in [9.17, 15) is 4.79 Å². The van der Waals surface area contributed by atoms with Crippen molar-refractivity contribution in [3.05, 3.63) is 29.1 Å². The summed E-state index contributed by atoms with van der Waals surface area (Å²) in [5.41, 5.74) is 1.71. The summed E-state index contributed by atoms with van der Waals surface area (Å²) in [5, 5.41) is 3.33. The largest absolute Gasteiger partial charge is 0.470 e. The normalized spacial score (nSPS) is 15.0. The minimum atomic E-state index is -0.169. The first kappa shape index (κ1) is 15.7. The molecule has 0 amide bonds. The Morgan fingerprint density at radius 2 is 2.12 bits per heavy atom. The predicted molar refractivity (Wildman–Crippen MR) is 92.7 cm³/mol. The topological polar surface area (TPSA) is 90.3 Å². The van der Waals surface area contributed by atoms with E-state index in [1.165, 1.54) is 24.2 Å². The van der Waals surface area contributed by atoms with Gasteiger partial charge in [-0.2, -0.15) is 9.97 Å². The Morgan fingerprint density at radius 1 is 1.32 bits per heavy atom. The van der Waals surface area contributed by atoms with Crippen LogP contribution in [-0.4, -0.2) is 52.4 Å². The molecular weight excluding hydrogens is 324 g/mol. The molecule has 9 heteroatoms. The molecule has 25 heavy (non-hydrogen) atoms. The van der Waals surface area contributed by atoms with E-state index in [0.717, 1.165) is 37.5 Å². The van der Waals surface area contributed by atoms with Gasteiger partial charge in [-0.3, -0.25) is 4.57 Å². The van der Waals surface area contributed by atoms with Crippen molar-refractivity contribution in [2.45, 2.75) is 13.5 Å². The SMILES string of the molecule is CCn1c(=O)n(-c2ccoc2)c2nc(OC)nc(N3CCNCC3)c21. The molecule has 4 heterocycles. The predicted octanol–water partition coefficient (Wildman–Crippen LogP) is 0.613. The van der Waals surface area contributed by atoms with E-state index < -0.39 is 0 Å². The van der Waals surface area contributed by atoms with Crippen LogP contribution in [0.15, 0.2) is 27.8 Å². The van der Waals surface area contributed by atoms with Gasteiger partial charge in [-0.25, -0.2) is 9.36 Å². The number of imidazole rings is 1. The molecule has 0 aromatic carbocycles. The van der Waals surface area contributed by atoms with E-state index >= 15 is 0 Å². The fraction of sp³-hybridized carbons (Fsp3) is 0.438. The van der Waals surface area contributed by atoms with Crippen LogP contribution in [0.2, 0.25) is 0 Å². The van der Waals surface area contributed by atoms with Crippen molar-refractivity contribution in [1.82, 2.24) is 24.4 Å². The summed E-state index contributed by atoms with van der Waals surface area (Å²) in [4.78, 5) is 24.2. The molecule has 1 saturated heterocycles. The molecule has 0 bridgehead atoms. The minimum Gasteiger partial charge on any atom is -0.470 e. The van der Waals surface area contributed by atoms with Crippen molar-refractivity contribution < 1.29 is 9.15 Å². The van der Waals surface area contributed by atoms with Crippen LogP contribution < -0.4 is 20.6 Å². The lowest BCUT2D eigenvalue weighted by molar-refractivity contribution is 0.381. The Labute approximate surface area is 143 Å². The highest BCUT2D eigenvalue weighted by molar-refractivity contribution is 5.86. The number of aromatic nitrogens is 4. The maximum atomic E-state index is 13.0. The Bertz CT molecular complexity index is 937. The minimum absolute atomic E-state index is 0.169. The molecule has 3 aromatic rings. The average Bonchev–Trinajstić information content (AvgIpc) is 3.26. The monoisotopic (exact) mass is 344 g/mol. The van der Waals surface area contributed by atoms with Gasteiger partial charge < -0.3 is 19.4 Å². The molecule has 0 atom stereocenters. The van der Waals surface area contributed by atoms with Crippen molar-refractivity contribution in [2.75, 3.05) is 38.2 Å². The Balaban J connectivity index is 2.05. The van der Waals surface area contributed by atoms with Crippen LogP contribution in [0.1, 0.15) is 6.92 Å². The molecule has 0 unspecified atom stereocenters. The summed E-state index contributed by atoms with van der Waals surface area (Å²) in [6, 6.07) is 1.98. The van der Waals surface area contributed by atoms with Gasteiger partial charge in [0.05, 0.1) is 19.1 Å². The quantitative estimate of drug-likeness (QED) is 0.742. The van der Waals surface area contributed by atoms with Crippen molar-refractivity contribution in [3.8, 4) is 11.7 Å². The van der Waals surface area contributed by atoms with Crippen molar-refractivity contribution in [2.24, 2.45) is 0 Å². The third kappa shape index (κ3) is 2.47. The number of hydrogen-bond donors (Lipinski definition) is 1. The number of anilines is 1. The van der Waals surface area contributed by atoms with Gasteiger partial charge in [-0.15, -0.1) is 0 Å². The van der Waals surface area contributed by atoms with E-state index in [4.69, 9.17) is 9.15 Å². The number of methoxy groups -OCH3 is 1. The Hall–Kier alpha value is -2.81. The van der Waals surface area contributed by atoms with Crippen molar-refractivity contribution in [1.29, 1.82) is 0 Å². The number of furan rings is 1. The lowest BCUT2D eigenvalue weighted by Gasteiger charge is -2.29. The third-order valence-corrected chi connectivity index (χ3v) is 4.41. The van der Waals surface area contributed by atoms with Crippen LogP contribution in [0, 0.1) is 0 Å². The molecule has 1 aliphatic heterocycles. The van der Waals surface area contributed by atoms with Gasteiger partial charge in [0.2, 0.25) is 0 Å². The molecule has 0 aliphatic carbocycles. The molecule has 1 fully saturated rings. The number of ether oxygens (including phenoxy) is 1. The first-order chi connectivity index (χ1) is 12.2. The second-order valence-electron chi connectivity index (χ2n) is 5.79. The van der Waals surface area contributed by atoms with Gasteiger partial charge in [0, 0.05) is 38.8 Å². The van der Waals surface area contributed by atoms with Crippen molar-refractivity contribution >= 4 is 17.0 Å². The standard InChI is InChI=1S/C16H20N6O3/c1-3-21-12-13(20-7-5-17-6-8-20)18-15(24-2)19-14(12)22(16(21)23)11-4-9-25-10-11/h4,9-10,17H,3,5-8H2,1-2H3. The van der Waals surface area contributed by atoms with Gasteiger partial charge in [0.15, 0.2) is 11.5 Å². The van der Waals surface area contributed by atoms with Crippen molar-refractivity contribution in [3.63, 3.8) is 0 Å². The van der Waals surface area contributed by atoms with Crippen LogP contribution in [0.5, 0.6) is 6.01 Å². The first-order valence-corrected chi connectivity index (χ1v) is 8.30. The fourth-order valence-electron chi connectivity index (χ4n) is 3.22. The molecule has 0 saturated carbocycles. The molecule has 4 rings (SSSR count). The second kappa shape index (κ2) is 6.25. The molecule has 132 valence electrons. The molecule has 1 aliphatic rings. The summed E-state index contributed by atoms with van der Waals surface area (Å²) >= 11 is 0.